The molecule has 0 aromatic carbocycles. The van der Waals surface area contributed by atoms with E-state index in [1.54, 1.807) is 0 Å². The van der Waals surface area contributed by atoms with Gasteiger partial charge in [-0.05, 0) is 26.2 Å². The Hall–Kier alpha value is -1.56. The van der Waals surface area contributed by atoms with Gasteiger partial charge in [0, 0.05) is 25.1 Å². The van der Waals surface area contributed by atoms with E-state index < -0.39 is 0 Å². The van der Waals surface area contributed by atoms with Crippen LogP contribution in [0.2, 0.25) is 0 Å². The van der Waals surface area contributed by atoms with Crippen LogP contribution in [0.1, 0.15) is 43.2 Å². The highest BCUT2D eigenvalue weighted by molar-refractivity contribution is 5.91. The van der Waals surface area contributed by atoms with E-state index in [9.17, 15) is 9.59 Å². The van der Waals surface area contributed by atoms with E-state index in [0.29, 0.717) is 6.61 Å². The first-order chi connectivity index (χ1) is 9.56. The predicted octanol–water partition coefficient (Wildman–Crippen LogP) is 1.06. The van der Waals surface area contributed by atoms with Crippen molar-refractivity contribution in [3.05, 3.63) is 22.2 Å². The summed E-state index contributed by atoms with van der Waals surface area (Å²) in [6.07, 6.45) is 4.49. The average Bonchev–Trinajstić information content (AvgIpc) is 2.66. The summed E-state index contributed by atoms with van der Waals surface area (Å²) in [6, 6.07) is 1.35. The zero-order valence-electron chi connectivity index (χ0n) is 11.8. The number of carbonyl (C=O) groups is 1. The first-order valence-electron chi connectivity index (χ1n) is 7.16. The van der Waals surface area contributed by atoms with Crippen LogP contribution < -0.4 is 10.9 Å². The lowest BCUT2D eigenvalue weighted by molar-refractivity contribution is -0.169. The van der Waals surface area contributed by atoms with E-state index in [1.165, 1.54) is 19.5 Å². The Morgan fingerprint density at radius 3 is 2.85 bits per heavy atom. The van der Waals surface area contributed by atoms with Crippen LogP contribution in [0.4, 0.5) is 0 Å². The monoisotopic (exact) mass is 280 g/mol. The van der Waals surface area contributed by atoms with E-state index in [0.717, 1.165) is 24.0 Å². The molecule has 110 valence electrons. The minimum atomic E-state index is -0.311. The second-order valence-electron chi connectivity index (χ2n) is 5.73. The number of rotatable bonds is 4. The molecule has 6 heteroatoms. The molecule has 2 aliphatic carbocycles. The molecule has 3 rings (SSSR count). The smallest absolute Gasteiger partial charge is 0.290 e. The first kappa shape index (κ1) is 13.4. The SMILES string of the molecule is CCO[C@H]1C[C@H](NC(=O)c2cc(=O)n(C)o2)C12CCC2. The zero-order valence-corrected chi connectivity index (χ0v) is 11.8. The number of nitrogens with zero attached hydrogens (tertiary/aromatic N) is 1. The minimum absolute atomic E-state index is 0.0758. The summed E-state index contributed by atoms with van der Waals surface area (Å²) < 4.78 is 11.9. The molecule has 0 bridgehead atoms. The van der Waals surface area contributed by atoms with E-state index >= 15 is 0 Å². The summed E-state index contributed by atoms with van der Waals surface area (Å²) in [5.74, 6) is -0.235. The summed E-state index contributed by atoms with van der Waals surface area (Å²) in [5.41, 5.74) is -0.199. The van der Waals surface area contributed by atoms with Gasteiger partial charge in [0.05, 0.1) is 12.2 Å². The molecule has 0 radical (unpaired) electrons. The third kappa shape index (κ3) is 1.90. The number of hydrogen-bond donors (Lipinski definition) is 1. The lowest BCUT2D eigenvalue weighted by Crippen LogP contribution is -2.67. The molecule has 20 heavy (non-hydrogen) atoms. The molecule has 1 spiro atoms. The molecule has 2 saturated carbocycles. The second-order valence-corrected chi connectivity index (χ2v) is 5.73. The van der Waals surface area contributed by atoms with Gasteiger partial charge in [-0.1, -0.05) is 6.42 Å². The minimum Gasteiger partial charge on any atom is -0.378 e. The van der Waals surface area contributed by atoms with Crippen LogP contribution in [0.3, 0.4) is 0 Å². The maximum absolute atomic E-state index is 12.1. The summed E-state index contributed by atoms with van der Waals surface area (Å²) in [4.78, 5) is 23.4. The van der Waals surface area contributed by atoms with Gasteiger partial charge in [-0.2, -0.15) is 4.74 Å². The lowest BCUT2D eigenvalue weighted by atomic mass is 9.51. The number of nitrogens with one attached hydrogen (secondary N) is 1. The molecule has 1 heterocycles. The molecule has 1 aromatic rings. The standard InChI is InChI=1S/C14H20N2O4/c1-3-19-11-8-10(14(11)5-4-6-14)15-13(18)9-7-12(17)16(2)20-9/h7,10-11H,3-6,8H2,1-2H3,(H,15,18)/t10-,11-/m0/s1. The number of amides is 1. The molecule has 0 aliphatic heterocycles. The molecule has 1 amide bonds. The number of aryl methyl sites for hydroxylation is 1. The quantitative estimate of drug-likeness (QED) is 0.895. The van der Waals surface area contributed by atoms with Crippen LogP contribution in [-0.4, -0.2) is 29.4 Å². The van der Waals surface area contributed by atoms with Crippen LogP contribution in [0.15, 0.2) is 15.4 Å². The fraction of sp³-hybridized carbons (Fsp3) is 0.714. The van der Waals surface area contributed by atoms with E-state index in [4.69, 9.17) is 9.26 Å². The zero-order chi connectivity index (χ0) is 14.3. The van der Waals surface area contributed by atoms with Crippen molar-refractivity contribution < 1.29 is 14.1 Å². The third-order valence-corrected chi connectivity index (χ3v) is 4.77. The van der Waals surface area contributed by atoms with E-state index in [1.807, 2.05) is 6.92 Å². The normalized spacial score (nSPS) is 26.9. The highest BCUT2D eigenvalue weighted by Crippen LogP contribution is 2.57. The van der Waals surface area contributed by atoms with Crippen molar-refractivity contribution in [1.29, 1.82) is 0 Å². The fourth-order valence-corrected chi connectivity index (χ4v) is 3.40. The molecule has 0 unspecified atom stereocenters. The van der Waals surface area contributed by atoms with Crippen LogP contribution in [0.5, 0.6) is 0 Å². The number of aromatic nitrogens is 1. The molecule has 1 aromatic heterocycles. The molecule has 2 fully saturated rings. The number of hydrogen-bond acceptors (Lipinski definition) is 4. The molecule has 0 saturated heterocycles. The van der Waals surface area contributed by atoms with Gasteiger partial charge >= 0.3 is 0 Å². The number of ether oxygens (including phenoxy) is 1. The highest BCUT2D eigenvalue weighted by atomic mass is 16.5. The fourth-order valence-electron chi connectivity index (χ4n) is 3.40. The average molecular weight is 280 g/mol. The van der Waals surface area contributed by atoms with E-state index in [2.05, 4.69) is 5.32 Å². The van der Waals surface area contributed by atoms with Crippen molar-refractivity contribution in [2.75, 3.05) is 6.61 Å². The van der Waals surface area contributed by atoms with Crippen LogP contribution in [0.25, 0.3) is 0 Å². The Labute approximate surface area is 117 Å². The Bertz CT molecular complexity index is 570. The Balaban J connectivity index is 1.67. The Morgan fingerprint density at radius 2 is 2.35 bits per heavy atom. The second kappa shape index (κ2) is 4.77. The highest BCUT2D eigenvalue weighted by Gasteiger charge is 2.59. The van der Waals surface area contributed by atoms with Crippen LogP contribution in [-0.2, 0) is 11.8 Å². The molecule has 2 atom stereocenters. The van der Waals surface area contributed by atoms with Crippen LogP contribution in [0, 0.1) is 5.41 Å². The van der Waals surface area contributed by atoms with Crippen molar-refractivity contribution in [2.24, 2.45) is 12.5 Å². The summed E-state index contributed by atoms with van der Waals surface area (Å²) in [6.45, 7) is 2.71. The lowest BCUT2D eigenvalue weighted by Gasteiger charge is -2.60. The summed E-state index contributed by atoms with van der Waals surface area (Å²) >= 11 is 0. The molecule has 6 nitrogen and oxygen atoms in total. The van der Waals surface area contributed by atoms with Gasteiger partial charge in [-0.3, -0.25) is 9.59 Å². The van der Waals surface area contributed by atoms with Gasteiger partial charge in [0.1, 0.15) is 0 Å². The van der Waals surface area contributed by atoms with Gasteiger partial charge < -0.3 is 14.6 Å². The van der Waals surface area contributed by atoms with Crippen molar-refractivity contribution in [1.82, 2.24) is 10.1 Å². The Kier molecular flexibility index (Phi) is 3.20. The van der Waals surface area contributed by atoms with Crippen molar-refractivity contribution in [3.8, 4) is 0 Å². The van der Waals surface area contributed by atoms with Gasteiger partial charge in [-0.25, -0.2) is 0 Å². The molecule has 1 N–H and O–H groups in total. The Morgan fingerprint density at radius 1 is 1.60 bits per heavy atom. The van der Waals surface area contributed by atoms with Gasteiger partial charge in [0.25, 0.3) is 11.5 Å². The van der Waals surface area contributed by atoms with Crippen molar-refractivity contribution >= 4 is 5.91 Å². The molecular weight excluding hydrogens is 260 g/mol. The van der Waals surface area contributed by atoms with Crippen molar-refractivity contribution in [2.45, 2.75) is 44.8 Å². The van der Waals surface area contributed by atoms with Gasteiger partial charge in [0.15, 0.2) is 0 Å². The summed E-state index contributed by atoms with van der Waals surface area (Å²) in [5, 5.41) is 2.99. The molecule has 2 aliphatic rings. The third-order valence-electron chi connectivity index (χ3n) is 4.77. The summed E-state index contributed by atoms with van der Waals surface area (Å²) in [7, 11) is 1.49. The largest absolute Gasteiger partial charge is 0.378 e. The first-order valence-corrected chi connectivity index (χ1v) is 7.16. The number of carbonyl (C=O) groups excluding carboxylic acids is 1. The maximum Gasteiger partial charge on any atom is 0.290 e. The topological polar surface area (TPSA) is 73.5 Å². The van der Waals surface area contributed by atoms with E-state index in [-0.39, 0.29) is 34.8 Å². The predicted molar refractivity (Wildman–Crippen MR) is 71.5 cm³/mol. The molecular formula is C14H20N2O4. The van der Waals surface area contributed by atoms with Crippen LogP contribution >= 0.6 is 0 Å². The van der Waals surface area contributed by atoms with Gasteiger partial charge in [0.2, 0.25) is 5.76 Å². The van der Waals surface area contributed by atoms with Crippen molar-refractivity contribution in [3.63, 3.8) is 0 Å². The maximum atomic E-state index is 12.1. The van der Waals surface area contributed by atoms with Gasteiger partial charge in [-0.15, -0.1) is 0 Å².